The van der Waals surface area contributed by atoms with Gasteiger partial charge in [-0.25, -0.2) is 18.4 Å². The summed E-state index contributed by atoms with van der Waals surface area (Å²) in [4.78, 5) is 25.5. The molecule has 4 aromatic heterocycles. The Morgan fingerprint density at radius 2 is 2.06 bits per heavy atom. The van der Waals surface area contributed by atoms with Gasteiger partial charge in [0.05, 0.1) is 21.9 Å². The number of pyridine rings is 1. The standard InChI is InChI=1S/C21H20N4O4S3/c1-13(31-17-7-6-14(11-22-17)32(27,28)25-8-2-3-9-25)19-23-20(26)18-15(12-30-21(18)24-19)16-5-4-10-29-16/h4-7,10-13H,2-3,8-9H2,1H3,(H,23,24,26). The van der Waals surface area contributed by atoms with E-state index in [4.69, 9.17) is 4.42 Å². The molecular formula is C21H20N4O4S3. The van der Waals surface area contributed by atoms with Crippen LogP contribution in [0.25, 0.3) is 21.5 Å². The van der Waals surface area contributed by atoms with Gasteiger partial charge in [-0.3, -0.25) is 4.79 Å². The first-order chi connectivity index (χ1) is 15.4. The van der Waals surface area contributed by atoms with E-state index in [-0.39, 0.29) is 15.7 Å². The number of furan rings is 1. The van der Waals surface area contributed by atoms with E-state index in [1.54, 1.807) is 24.5 Å². The van der Waals surface area contributed by atoms with E-state index in [2.05, 4.69) is 15.0 Å². The number of hydrogen-bond acceptors (Lipinski definition) is 8. The Kier molecular flexibility index (Phi) is 5.66. The van der Waals surface area contributed by atoms with Gasteiger partial charge in [-0.1, -0.05) is 11.8 Å². The molecule has 0 aliphatic carbocycles. The molecule has 1 aliphatic rings. The minimum atomic E-state index is -3.49. The maximum Gasteiger partial charge on any atom is 0.260 e. The molecule has 0 amide bonds. The minimum Gasteiger partial charge on any atom is -0.464 e. The van der Waals surface area contributed by atoms with E-state index in [1.165, 1.54) is 33.6 Å². The molecule has 166 valence electrons. The number of rotatable bonds is 6. The maximum absolute atomic E-state index is 12.8. The predicted octanol–water partition coefficient (Wildman–Crippen LogP) is 4.28. The Hall–Kier alpha value is -2.47. The van der Waals surface area contributed by atoms with Crippen LogP contribution in [-0.2, 0) is 10.0 Å². The van der Waals surface area contributed by atoms with E-state index < -0.39 is 10.0 Å². The smallest absolute Gasteiger partial charge is 0.260 e. The third-order valence-electron chi connectivity index (χ3n) is 5.34. The van der Waals surface area contributed by atoms with E-state index in [1.807, 2.05) is 18.4 Å². The second kappa shape index (κ2) is 8.47. The third-order valence-corrected chi connectivity index (χ3v) is 9.16. The minimum absolute atomic E-state index is 0.185. The molecule has 11 heteroatoms. The summed E-state index contributed by atoms with van der Waals surface area (Å²) in [5.41, 5.74) is 0.511. The number of hydrogen-bond donors (Lipinski definition) is 1. The van der Waals surface area contributed by atoms with Crippen LogP contribution in [0.5, 0.6) is 0 Å². The van der Waals surface area contributed by atoms with E-state index in [9.17, 15) is 13.2 Å². The second-order valence-corrected chi connectivity index (χ2v) is 11.6. The summed E-state index contributed by atoms with van der Waals surface area (Å²) >= 11 is 2.80. The summed E-state index contributed by atoms with van der Waals surface area (Å²) in [6, 6.07) is 6.87. The quantitative estimate of drug-likeness (QED) is 0.404. The lowest BCUT2D eigenvalue weighted by atomic mass is 10.2. The van der Waals surface area contributed by atoms with Crippen LogP contribution in [0.15, 0.2) is 61.2 Å². The van der Waals surface area contributed by atoms with Crippen LogP contribution in [0.4, 0.5) is 0 Å². The Morgan fingerprint density at radius 3 is 2.75 bits per heavy atom. The molecule has 5 heterocycles. The predicted molar refractivity (Wildman–Crippen MR) is 124 cm³/mol. The van der Waals surface area contributed by atoms with Gasteiger partial charge in [0.25, 0.3) is 5.56 Å². The Labute approximate surface area is 192 Å². The van der Waals surface area contributed by atoms with Gasteiger partial charge in [-0.15, -0.1) is 11.3 Å². The number of nitrogens with one attached hydrogen (secondary N) is 1. The molecule has 1 atom stereocenters. The average Bonchev–Trinajstić information content (AvgIpc) is 3.55. The molecule has 1 aliphatic heterocycles. The van der Waals surface area contributed by atoms with Gasteiger partial charge in [0.1, 0.15) is 21.3 Å². The van der Waals surface area contributed by atoms with Gasteiger partial charge in [-0.05, 0) is 44.0 Å². The normalized spacial score (nSPS) is 16.0. The molecule has 0 radical (unpaired) electrons. The molecule has 1 saturated heterocycles. The lowest BCUT2D eigenvalue weighted by molar-refractivity contribution is 0.477. The van der Waals surface area contributed by atoms with Gasteiger partial charge in [-0.2, -0.15) is 4.31 Å². The van der Waals surface area contributed by atoms with Crippen LogP contribution in [0.2, 0.25) is 0 Å². The van der Waals surface area contributed by atoms with E-state index in [0.717, 1.165) is 18.4 Å². The fourth-order valence-corrected chi connectivity index (χ4v) is 6.92. The van der Waals surface area contributed by atoms with Crippen LogP contribution in [0.3, 0.4) is 0 Å². The van der Waals surface area contributed by atoms with Crippen molar-refractivity contribution in [2.45, 2.75) is 34.9 Å². The molecule has 0 spiro atoms. The van der Waals surface area contributed by atoms with Crippen LogP contribution in [-0.4, -0.2) is 40.8 Å². The van der Waals surface area contributed by atoms with Crippen LogP contribution in [0, 0.1) is 0 Å². The summed E-state index contributed by atoms with van der Waals surface area (Å²) in [6.45, 7) is 3.04. The highest BCUT2D eigenvalue weighted by molar-refractivity contribution is 7.99. The van der Waals surface area contributed by atoms with E-state index >= 15 is 0 Å². The number of fused-ring (bicyclic) bond motifs is 1. The highest BCUT2D eigenvalue weighted by atomic mass is 32.2. The molecule has 8 nitrogen and oxygen atoms in total. The number of aromatic nitrogens is 3. The Bertz CT molecular complexity index is 1400. The van der Waals surface area contributed by atoms with Crippen LogP contribution >= 0.6 is 23.1 Å². The van der Waals surface area contributed by atoms with Gasteiger partial charge < -0.3 is 9.40 Å². The Morgan fingerprint density at radius 1 is 1.25 bits per heavy atom. The molecule has 5 rings (SSSR count). The average molecular weight is 489 g/mol. The summed E-state index contributed by atoms with van der Waals surface area (Å²) in [5.74, 6) is 1.17. The fourth-order valence-electron chi connectivity index (χ4n) is 3.67. The number of sulfonamides is 1. The number of H-pyrrole nitrogens is 1. The molecule has 0 saturated carbocycles. The van der Waals surface area contributed by atoms with Gasteiger partial charge >= 0.3 is 0 Å². The van der Waals surface area contributed by atoms with Crippen molar-refractivity contribution in [1.82, 2.24) is 19.3 Å². The Balaban J connectivity index is 1.37. The van der Waals surface area contributed by atoms with Gasteiger partial charge in [0, 0.05) is 30.2 Å². The lowest BCUT2D eigenvalue weighted by Gasteiger charge is -2.15. The number of thiophene rings is 1. The molecule has 0 aromatic carbocycles. The van der Waals surface area contributed by atoms with Crippen molar-refractivity contribution in [3.8, 4) is 11.3 Å². The first-order valence-electron chi connectivity index (χ1n) is 10.1. The highest BCUT2D eigenvalue weighted by Gasteiger charge is 2.27. The molecule has 0 bridgehead atoms. The summed E-state index contributed by atoms with van der Waals surface area (Å²) < 4.78 is 32.3. The molecule has 1 fully saturated rings. The van der Waals surface area contributed by atoms with Crippen molar-refractivity contribution in [1.29, 1.82) is 0 Å². The third kappa shape index (κ3) is 3.90. The molecule has 1 unspecified atom stereocenters. The van der Waals surface area contributed by atoms with Crippen molar-refractivity contribution in [3.05, 3.63) is 58.3 Å². The van der Waals surface area contributed by atoms with Crippen molar-refractivity contribution in [3.63, 3.8) is 0 Å². The van der Waals surface area contributed by atoms with Crippen molar-refractivity contribution in [2.24, 2.45) is 0 Å². The zero-order valence-electron chi connectivity index (χ0n) is 17.1. The topological polar surface area (TPSA) is 109 Å². The van der Waals surface area contributed by atoms with Crippen molar-refractivity contribution in [2.75, 3.05) is 13.1 Å². The van der Waals surface area contributed by atoms with Crippen LogP contribution in [0.1, 0.15) is 30.8 Å². The largest absolute Gasteiger partial charge is 0.464 e. The zero-order chi connectivity index (χ0) is 22.3. The van der Waals surface area contributed by atoms with Gasteiger partial charge in [0.15, 0.2) is 0 Å². The zero-order valence-corrected chi connectivity index (χ0v) is 19.6. The van der Waals surface area contributed by atoms with Gasteiger partial charge in [0.2, 0.25) is 10.0 Å². The molecule has 32 heavy (non-hydrogen) atoms. The number of aromatic amines is 1. The first kappa shape index (κ1) is 21.4. The van der Waals surface area contributed by atoms with Crippen molar-refractivity contribution < 1.29 is 12.8 Å². The lowest BCUT2D eigenvalue weighted by Crippen LogP contribution is -2.27. The summed E-state index contributed by atoms with van der Waals surface area (Å²) in [7, 11) is -3.49. The van der Waals surface area contributed by atoms with E-state index in [0.29, 0.717) is 39.9 Å². The first-order valence-corrected chi connectivity index (χ1v) is 13.3. The maximum atomic E-state index is 12.8. The van der Waals surface area contributed by atoms with Crippen LogP contribution < -0.4 is 5.56 Å². The molecular weight excluding hydrogens is 468 g/mol. The molecule has 1 N–H and O–H groups in total. The van der Waals surface area contributed by atoms with Crippen molar-refractivity contribution >= 4 is 43.3 Å². The fraction of sp³-hybridized carbons (Fsp3) is 0.286. The highest BCUT2D eigenvalue weighted by Crippen LogP contribution is 2.35. The monoisotopic (exact) mass is 488 g/mol. The second-order valence-electron chi connectivity index (χ2n) is 7.46. The number of nitrogens with zero attached hydrogens (tertiary/aromatic N) is 3. The molecule has 4 aromatic rings. The summed E-state index contributed by atoms with van der Waals surface area (Å²) in [6.07, 6.45) is 4.75. The summed E-state index contributed by atoms with van der Waals surface area (Å²) in [5, 5.41) is 2.85. The number of thioether (sulfide) groups is 1. The SMILES string of the molecule is CC(Sc1ccc(S(=O)(=O)N2CCCC2)cn1)c1nc2scc(-c3ccco3)c2c(=O)[nH]1.